The predicted molar refractivity (Wildman–Crippen MR) is 103 cm³/mol. The highest BCUT2D eigenvalue weighted by Crippen LogP contribution is 2.19. The van der Waals surface area contributed by atoms with Crippen molar-refractivity contribution >= 4 is 22.0 Å². The summed E-state index contributed by atoms with van der Waals surface area (Å²) >= 11 is 0. The average Bonchev–Trinajstić information content (AvgIpc) is 3.09. The van der Waals surface area contributed by atoms with Crippen LogP contribution in [0.15, 0.2) is 47.5 Å². The second-order valence-corrected chi connectivity index (χ2v) is 7.84. The summed E-state index contributed by atoms with van der Waals surface area (Å²) in [7, 11) is -2.11. The molecule has 152 valence electrons. The van der Waals surface area contributed by atoms with Crippen LogP contribution in [0.5, 0.6) is 0 Å². The minimum Gasteiger partial charge on any atom is -0.458 e. The van der Waals surface area contributed by atoms with Crippen molar-refractivity contribution in [2.75, 3.05) is 26.3 Å². The van der Waals surface area contributed by atoms with E-state index < -0.39 is 22.0 Å². The first kappa shape index (κ1) is 21.6. The number of aryl methyl sites for hydroxylation is 1. The van der Waals surface area contributed by atoms with Crippen LogP contribution in [-0.2, 0) is 26.5 Å². The van der Waals surface area contributed by atoms with E-state index in [1.165, 1.54) is 21.1 Å². The molecule has 0 aliphatic carbocycles. The summed E-state index contributed by atoms with van der Waals surface area (Å²) in [4.78, 5) is 24.1. The molecule has 0 atom stereocenters. The van der Waals surface area contributed by atoms with E-state index in [-0.39, 0.29) is 23.8 Å². The number of benzene rings is 1. The first-order chi connectivity index (χ1) is 13.3. The van der Waals surface area contributed by atoms with E-state index in [0.717, 1.165) is 0 Å². The van der Waals surface area contributed by atoms with Gasteiger partial charge in [0.1, 0.15) is 23.8 Å². The molecule has 0 spiro atoms. The quantitative estimate of drug-likeness (QED) is 0.466. The topological polar surface area (TPSA) is 94.9 Å². The number of hydrogen-bond acceptors (Lipinski definition) is 6. The van der Waals surface area contributed by atoms with E-state index in [1.54, 1.807) is 51.2 Å². The minimum atomic E-state index is -3.67. The van der Waals surface area contributed by atoms with Gasteiger partial charge in [-0.25, -0.2) is 18.0 Å². The molecule has 0 unspecified atom stereocenters. The lowest BCUT2D eigenvalue weighted by Gasteiger charge is -2.17. The summed E-state index contributed by atoms with van der Waals surface area (Å²) < 4.78 is 37.9. The molecule has 0 aliphatic heterocycles. The third-order valence-electron chi connectivity index (χ3n) is 4.09. The fourth-order valence-corrected chi connectivity index (χ4v) is 4.12. The molecule has 0 amide bonds. The van der Waals surface area contributed by atoms with Crippen molar-refractivity contribution in [1.82, 2.24) is 8.87 Å². The zero-order chi connectivity index (χ0) is 20.7. The van der Waals surface area contributed by atoms with Gasteiger partial charge in [0.25, 0.3) is 0 Å². The molecule has 28 heavy (non-hydrogen) atoms. The Morgan fingerprint density at radius 3 is 2.14 bits per heavy atom. The van der Waals surface area contributed by atoms with Crippen LogP contribution in [0.4, 0.5) is 0 Å². The van der Waals surface area contributed by atoms with Crippen molar-refractivity contribution in [1.29, 1.82) is 0 Å². The minimum absolute atomic E-state index is 0.0288. The van der Waals surface area contributed by atoms with Crippen LogP contribution in [0.2, 0.25) is 0 Å². The Hall–Kier alpha value is -2.65. The number of sulfonamides is 1. The number of esters is 2. The van der Waals surface area contributed by atoms with E-state index in [0.29, 0.717) is 18.7 Å². The molecule has 0 radical (unpaired) electrons. The van der Waals surface area contributed by atoms with E-state index in [4.69, 9.17) is 9.47 Å². The van der Waals surface area contributed by atoms with Gasteiger partial charge in [0.2, 0.25) is 10.0 Å². The zero-order valence-corrected chi connectivity index (χ0v) is 16.9. The lowest BCUT2D eigenvalue weighted by Crippen LogP contribution is -2.30. The molecule has 0 N–H and O–H groups in total. The van der Waals surface area contributed by atoms with Gasteiger partial charge in [-0.2, -0.15) is 4.31 Å². The Kier molecular flexibility index (Phi) is 7.36. The maximum Gasteiger partial charge on any atom is 0.355 e. The third-order valence-corrected chi connectivity index (χ3v) is 6.11. The highest BCUT2D eigenvalue weighted by atomic mass is 32.2. The predicted octanol–water partition coefficient (Wildman–Crippen LogP) is 2.07. The normalized spacial score (nSPS) is 11.4. The fraction of sp³-hybridized carbons (Fsp3) is 0.368. The number of aromatic nitrogens is 1. The summed E-state index contributed by atoms with van der Waals surface area (Å²) in [6.45, 7) is 3.92. The van der Waals surface area contributed by atoms with Crippen LogP contribution in [0.3, 0.4) is 0 Å². The maximum atomic E-state index is 12.6. The first-order valence-corrected chi connectivity index (χ1v) is 10.3. The van der Waals surface area contributed by atoms with E-state index in [9.17, 15) is 18.0 Å². The number of nitrogens with zero attached hydrogens (tertiary/aromatic N) is 2. The monoisotopic (exact) mass is 408 g/mol. The van der Waals surface area contributed by atoms with Crippen molar-refractivity contribution in [2.45, 2.75) is 18.7 Å². The Labute approximate surface area is 164 Å². The molecule has 8 nitrogen and oxygen atoms in total. The lowest BCUT2D eigenvalue weighted by molar-refractivity contribution is 0.0260. The molecular formula is C19H24N2O6S. The number of carbonyl (C=O) groups excluding carboxylic acids is 2. The Morgan fingerprint density at radius 1 is 1.00 bits per heavy atom. The van der Waals surface area contributed by atoms with Crippen molar-refractivity contribution in [2.24, 2.45) is 7.05 Å². The van der Waals surface area contributed by atoms with Crippen molar-refractivity contribution in [3.63, 3.8) is 0 Å². The standard InChI is InChI=1S/C19H24N2O6S/c1-4-21(5-2)28(24,25)16-13-17(20(3)14-16)19(23)27-12-11-26-18(22)15-9-7-6-8-10-15/h6-10,13-14H,4-5,11-12H2,1-3H3. The van der Waals surface area contributed by atoms with Gasteiger partial charge in [0.05, 0.1) is 5.56 Å². The van der Waals surface area contributed by atoms with Crippen LogP contribution in [0.1, 0.15) is 34.7 Å². The maximum absolute atomic E-state index is 12.6. The molecular weight excluding hydrogens is 384 g/mol. The molecule has 0 fully saturated rings. The summed E-state index contributed by atoms with van der Waals surface area (Å²) in [5.74, 6) is -1.21. The molecule has 2 aromatic rings. The van der Waals surface area contributed by atoms with Crippen molar-refractivity contribution in [3.8, 4) is 0 Å². The van der Waals surface area contributed by atoms with Gasteiger partial charge in [0, 0.05) is 26.3 Å². The van der Waals surface area contributed by atoms with Crippen LogP contribution in [0, 0.1) is 0 Å². The van der Waals surface area contributed by atoms with Crippen molar-refractivity contribution < 1.29 is 27.5 Å². The Bertz CT molecular complexity index is 917. The van der Waals surface area contributed by atoms with Crippen LogP contribution < -0.4 is 0 Å². The molecule has 9 heteroatoms. The summed E-state index contributed by atoms with van der Waals surface area (Å²) in [5.41, 5.74) is 0.502. The SMILES string of the molecule is CCN(CC)S(=O)(=O)c1cc(C(=O)OCCOC(=O)c2ccccc2)n(C)c1. The summed E-state index contributed by atoms with van der Waals surface area (Å²) in [6, 6.07) is 9.75. The zero-order valence-electron chi connectivity index (χ0n) is 16.1. The molecule has 0 saturated carbocycles. The van der Waals surface area contributed by atoms with Gasteiger partial charge in [-0.1, -0.05) is 32.0 Å². The van der Waals surface area contributed by atoms with Crippen LogP contribution in [0.25, 0.3) is 0 Å². The number of ether oxygens (including phenoxy) is 2. The lowest BCUT2D eigenvalue weighted by atomic mass is 10.2. The van der Waals surface area contributed by atoms with Crippen LogP contribution >= 0.6 is 0 Å². The molecule has 0 bridgehead atoms. The smallest absolute Gasteiger partial charge is 0.355 e. The molecule has 0 aliphatic rings. The Morgan fingerprint density at radius 2 is 1.57 bits per heavy atom. The molecule has 1 aromatic heterocycles. The van der Waals surface area contributed by atoms with Gasteiger partial charge in [-0.05, 0) is 18.2 Å². The number of rotatable bonds is 9. The van der Waals surface area contributed by atoms with E-state index in [2.05, 4.69) is 0 Å². The number of carbonyl (C=O) groups is 2. The van der Waals surface area contributed by atoms with E-state index >= 15 is 0 Å². The summed E-state index contributed by atoms with van der Waals surface area (Å²) in [6.07, 6.45) is 1.37. The van der Waals surface area contributed by atoms with Gasteiger partial charge in [-0.3, -0.25) is 0 Å². The van der Waals surface area contributed by atoms with Gasteiger partial charge in [-0.15, -0.1) is 0 Å². The third kappa shape index (κ3) is 4.99. The largest absolute Gasteiger partial charge is 0.458 e. The Balaban J connectivity index is 1.94. The molecule has 0 saturated heterocycles. The second-order valence-electron chi connectivity index (χ2n) is 5.90. The fourth-order valence-electron chi connectivity index (χ4n) is 2.59. The average molecular weight is 408 g/mol. The number of hydrogen-bond donors (Lipinski definition) is 0. The highest BCUT2D eigenvalue weighted by Gasteiger charge is 2.25. The van der Waals surface area contributed by atoms with Gasteiger partial charge >= 0.3 is 11.9 Å². The highest BCUT2D eigenvalue weighted by molar-refractivity contribution is 7.89. The van der Waals surface area contributed by atoms with Gasteiger partial charge in [0.15, 0.2) is 0 Å². The van der Waals surface area contributed by atoms with Crippen molar-refractivity contribution in [3.05, 3.63) is 53.9 Å². The summed E-state index contributed by atoms with van der Waals surface area (Å²) in [5, 5.41) is 0. The van der Waals surface area contributed by atoms with Gasteiger partial charge < -0.3 is 14.0 Å². The molecule has 1 aromatic carbocycles. The van der Waals surface area contributed by atoms with Crippen LogP contribution in [-0.4, -0.2) is 55.5 Å². The molecule has 2 rings (SSSR count). The van der Waals surface area contributed by atoms with E-state index in [1.807, 2.05) is 0 Å². The molecule has 1 heterocycles. The first-order valence-electron chi connectivity index (χ1n) is 8.87. The second kappa shape index (κ2) is 9.52.